The molecule has 2 aromatic heterocycles. The summed E-state index contributed by atoms with van der Waals surface area (Å²) < 4.78 is 1.48. The van der Waals surface area contributed by atoms with Crippen LogP contribution in [0.5, 0.6) is 0 Å². The van der Waals surface area contributed by atoms with Crippen molar-refractivity contribution in [2.45, 2.75) is 13.8 Å². The van der Waals surface area contributed by atoms with Gasteiger partial charge >= 0.3 is 0 Å². The number of rotatable bonds is 5. The lowest BCUT2D eigenvalue weighted by atomic mass is 10.1. The lowest BCUT2D eigenvalue weighted by Gasteiger charge is -2.03. The molecule has 0 fully saturated rings. The number of carbonyl (C=O) groups is 1. The van der Waals surface area contributed by atoms with Crippen molar-refractivity contribution in [3.8, 4) is 11.4 Å². The molecule has 2 N–H and O–H groups in total. The summed E-state index contributed by atoms with van der Waals surface area (Å²) in [6.45, 7) is 4.06. The molecular weight excluding hydrogens is 318 g/mol. The lowest BCUT2D eigenvalue weighted by Crippen LogP contribution is -2.28. The number of anilines is 1. The fourth-order valence-electron chi connectivity index (χ4n) is 2.26. The van der Waals surface area contributed by atoms with Crippen molar-refractivity contribution in [2.24, 2.45) is 0 Å². The van der Waals surface area contributed by atoms with Crippen LogP contribution < -0.4 is 10.9 Å². The molecule has 0 atom stereocenters. The maximum atomic E-state index is 11.8. The van der Waals surface area contributed by atoms with Gasteiger partial charge in [0.1, 0.15) is 6.33 Å². The quantitative estimate of drug-likeness (QED) is 0.546. The van der Waals surface area contributed by atoms with Crippen LogP contribution in [-0.4, -0.2) is 30.6 Å². The number of aromatic nitrogens is 5. The lowest BCUT2D eigenvalue weighted by molar-refractivity contribution is -0.116. The average molecular weight is 335 g/mol. The van der Waals surface area contributed by atoms with Crippen LogP contribution in [-0.2, 0) is 4.79 Å². The maximum Gasteiger partial charge on any atom is 0.263 e. The summed E-state index contributed by atoms with van der Waals surface area (Å²) in [5, 5.41) is 4.35. The zero-order valence-electron chi connectivity index (χ0n) is 13.8. The summed E-state index contributed by atoms with van der Waals surface area (Å²) in [6.07, 6.45) is 8.97. The molecule has 0 saturated carbocycles. The zero-order valence-corrected chi connectivity index (χ0v) is 13.8. The zero-order chi connectivity index (χ0) is 17.6. The van der Waals surface area contributed by atoms with Gasteiger partial charge in [-0.15, -0.1) is 5.10 Å². The van der Waals surface area contributed by atoms with Gasteiger partial charge in [0.05, 0.1) is 6.20 Å². The van der Waals surface area contributed by atoms with E-state index in [-0.39, 0.29) is 5.91 Å². The SMILES string of the molecule is Cc1cc(C)cc(-c2ncn(/C=C\C(=O)NNc3cnccn3)n2)c1. The van der Waals surface area contributed by atoms with E-state index in [1.807, 2.05) is 26.0 Å². The van der Waals surface area contributed by atoms with E-state index < -0.39 is 0 Å². The first-order chi connectivity index (χ1) is 12.1. The van der Waals surface area contributed by atoms with Crippen molar-refractivity contribution in [1.29, 1.82) is 0 Å². The summed E-state index contributed by atoms with van der Waals surface area (Å²) in [7, 11) is 0. The molecule has 0 radical (unpaired) electrons. The van der Waals surface area contributed by atoms with Gasteiger partial charge in [0, 0.05) is 30.2 Å². The number of hydrazine groups is 1. The number of hydrogen-bond acceptors (Lipinski definition) is 6. The predicted octanol–water partition coefficient (Wildman–Crippen LogP) is 1.97. The molecule has 0 spiro atoms. The molecule has 0 bridgehead atoms. The highest BCUT2D eigenvalue weighted by Gasteiger charge is 2.05. The van der Waals surface area contributed by atoms with Crippen LogP contribution >= 0.6 is 0 Å². The fraction of sp³-hybridized carbons (Fsp3) is 0.118. The predicted molar refractivity (Wildman–Crippen MR) is 94.1 cm³/mol. The van der Waals surface area contributed by atoms with Crippen molar-refractivity contribution in [1.82, 2.24) is 30.2 Å². The molecule has 0 unspecified atom stereocenters. The number of benzene rings is 1. The van der Waals surface area contributed by atoms with Gasteiger partial charge in [-0.05, 0) is 26.0 Å². The number of nitrogens with zero attached hydrogens (tertiary/aromatic N) is 5. The van der Waals surface area contributed by atoms with E-state index in [4.69, 9.17) is 0 Å². The number of aryl methyl sites for hydroxylation is 2. The van der Waals surface area contributed by atoms with E-state index in [9.17, 15) is 4.79 Å². The minimum Gasteiger partial charge on any atom is -0.280 e. The van der Waals surface area contributed by atoms with Crippen LogP contribution in [0.15, 0.2) is 49.2 Å². The largest absolute Gasteiger partial charge is 0.280 e. The van der Waals surface area contributed by atoms with Crippen LogP contribution in [0.4, 0.5) is 5.82 Å². The molecule has 8 nitrogen and oxygen atoms in total. The van der Waals surface area contributed by atoms with Crippen molar-refractivity contribution < 1.29 is 4.79 Å². The van der Waals surface area contributed by atoms with Crippen LogP contribution in [0.3, 0.4) is 0 Å². The second-order valence-corrected chi connectivity index (χ2v) is 5.45. The molecule has 0 aliphatic heterocycles. The first kappa shape index (κ1) is 16.3. The van der Waals surface area contributed by atoms with Crippen molar-refractivity contribution in [2.75, 3.05) is 5.43 Å². The molecule has 0 aliphatic carbocycles. The number of amides is 1. The Hall–Kier alpha value is -3.55. The normalized spacial score (nSPS) is 10.8. The molecule has 8 heteroatoms. The van der Waals surface area contributed by atoms with E-state index in [1.54, 1.807) is 12.5 Å². The van der Waals surface area contributed by atoms with Gasteiger partial charge in [0.25, 0.3) is 5.91 Å². The van der Waals surface area contributed by atoms with Gasteiger partial charge in [-0.3, -0.25) is 20.6 Å². The summed E-state index contributed by atoms with van der Waals surface area (Å²) in [5.41, 5.74) is 8.38. The summed E-state index contributed by atoms with van der Waals surface area (Å²) in [6, 6.07) is 6.14. The van der Waals surface area contributed by atoms with Crippen LogP contribution in [0.2, 0.25) is 0 Å². The topological polar surface area (TPSA) is 97.6 Å². The number of carbonyl (C=O) groups excluding carboxylic acids is 1. The Bertz CT molecular complexity index is 882. The van der Waals surface area contributed by atoms with Crippen molar-refractivity contribution in [3.05, 3.63) is 60.3 Å². The van der Waals surface area contributed by atoms with Crippen LogP contribution in [0, 0.1) is 13.8 Å². The van der Waals surface area contributed by atoms with Gasteiger partial charge < -0.3 is 0 Å². The second kappa shape index (κ2) is 7.35. The van der Waals surface area contributed by atoms with E-state index >= 15 is 0 Å². The monoisotopic (exact) mass is 335 g/mol. The molecule has 1 aromatic carbocycles. The minimum atomic E-state index is -0.353. The Morgan fingerprint density at radius 1 is 1.12 bits per heavy atom. The Morgan fingerprint density at radius 2 is 1.92 bits per heavy atom. The van der Waals surface area contributed by atoms with Gasteiger partial charge in [0.2, 0.25) is 0 Å². The minimum absolute atomic E-state index is 0.353. The molecule has 25 heavy (non-hydrogen) atoms. The van der Waals surface area contributed by atoms with Gasteiger partial charge in [-0.2, -0.15) is 0 Å². The summed E-state index contributed by atoms with van der Waals surface area (Å²) >= 11 is 0. The van der Waals surface area contributed by atoms with Crippen LogP contribution in [0.1, 0.15) is 11.1 Å². The second-order valence-electron chi connectivity index (χ2n) is 5.45. The van der Waals surface area contributed by atoms with Crippen molar-refractivity contribution in [3.63, 3.8) is 0 Å². The first-order valence-electron chi connectivity index (χ1n) is 7.60. The van der Waals surface area contributed by atoms with E-state index in [0.29, 0.717) is 11.6 Å². The van der Waals surface area contributed by atoms with E-state index in [0.717, 1.165) is 16.7 Å². The third kappa shape index (κ3) is 4.47. The Kier molecular flexibility index (Phi) is 4.79. The molecular formula is C17H17N7O. The highest BCUT2D eigenvalue weighted by atomic mass is 16.2. The molecule has 3 rings (SSSR count). The molecule has 2 heterocycles. The van der Waals surface area contributed by atoms with Gasteiger partial charge in [0.15, 0.2) is 11.6 Å². The van der Waals surface area contributed by atoms with E-state index in [2.05, 4.69) is 37.0 Å². The number of hydrogen-bond donors (Lipinski definition) is 2. The third-order valence-corrected chi connectivity index (χ3v) is 3.24. The van der Waals surface area contributed by atoms with Gasteiger partial charge in [-0.25, -0.2) is 14.6 Å². The molecule has 0 saturated heterocycles. The Balaban J connectivity index is 1.62. The summed E-state index contributed by atoms with van der Waals surface area (Å²) in [4.78, 5) is 23.9. The smallest absolute Gasteiger partial charge is 0.263 e. The molecule has 126 valence electrons. The average Bonchev–Trinajstić information content (AvgIpc) is 3.07. The maximum absolute atomic E-state index is 11.8. The molecule has 0 aliphatic rings. The van der Waals surface area contributed by atoms with Crippen LogP contribution in [0.25, 0.3) is 17.6 Å². The van der Waals surface area contributed by atoms with E-state index in [1.165, 1.54) is 29.4 Å². The Morgan fingerprint density at radius 3 is 2.64 bits per heavy atom. The number of nitrogens with one attached hydrogen (secondary N) is 2. The standard InChI is InChI=1S/C17H17N7O/c1-12-7-13(2)9-14(8-12)17-20-11-24(23-17)6-3-16(25)22-21-15-10-18-4-5-19-15/h3-11H,1-2H3,(H,19,21)(H,22,25)/b6-3-. The third-order valence-electron chi connectivity index (χ3n) is 3.24. The highest BCUT2D eigenvalue weighted by Crippen LogP contribution is 2.18. The molecule has 3 aromatic rings. The van der Waals surface area contributed by atoms with Crippen molar-refractivity contribution >= 4 is 17.9 Å². The van der Waals surface area contributed by atoms with Gasteiger partial charge in [-0.1, -0.05) is 17.2 Å². The first-order valence-corrected chi connectivity index (χ1v) is 7.60. The Labute approximate surface area is 144 Å². The highest BCUT2D eigenvalue weighted by molar-refractivity contribution is 5.90. The summed E-state index contributed by atoms with van der Waals surface area (Å²) in [5.74, 6) is 0.700. The fourth-order valence-corrected chi connectivity index (χ4v) is 2.26. The molecule has 1 amide bonds.